The van der Waals surface area contributed by atoms with Crippen molar-refractivity contribution in [2.45, 2.75) is 0 Å². The maximum absolute atomic E-state index is 5.78. The summed E-state index contributed by atoms with van der Waals surface area (Å²) in [4.78, 5) is 8.56. The SMILES string of the molecule is Nc1cc(N)cc(-c2nc3cnccc3s2)c1. The van der Waals surface area contributed by atoms with Crippen LogP contribution in [0.1, 0.15) is 0 Å². The van der Waals surface area contributed by atoms with Crippen LogP contribution in [0.4, 0.5) is 11.4 Å². The van der Waals surface area contributed by atoms with Crippen molar-refractivity contribution in [3.05, 3.63) is 36.7 Å². The van der Waals surface area contributed by atoms with Crippen LogP contribution in [0.25, 0.3) is 20.8 Å². The molecule has 4 nitrogen and oxygen atoms in total. The topological polar surface area (TPSA) is 77.8 Å². The number of fused-ring (bicyclic) bond motifs is 1. The number of nitrogens with two attached hydrogens (primary N) is 2. The molecule has 0 spiro atoms. The van der Waals surface area contributed by atoms with Gasteiger partial charge in [-0.15, -0.1) is 11.3 Å². The Balaban J connectivity index is 2.20. The maximum atomic E-state index is 5.78. The summed E-state index contributed by atoms with van der Waals surface area (Å²) in [7, 11) is 0. The van der Waals surface area contributed by atoms with Crippen molar-refractivity contribution < 1.29 is 0 Å². The summed E-state index contributed by atoms with van der Waals surface area (Å²) < 4.78 is 1.11. The van der Waals surface area contributed by atoms with Gasteiger partial charge in [-0.1, -0.05) is 0 Å². The lowest BCUT2D eigenvalue weighted by Gasteiger charge is -2.00. The van der Waals surface area contributed by atoms with E-state index in [2.05, 4.69) is 9.97 Å². The zero-order valence-corrected chi connectivity index (χ0v) is 9.74. The molecule has 4 N–H and O–H groups in total. The molecule has 0 aliphatic carbocycles. The second kappa shape index (κ2) is 3.71. The molecular weight excluding hydrogens is 232 g/mol. The third kappa shape index (κ3) is 1.81. The van der Waals surface area contributed by atoms with Crippen molar-refractivity contribution in [1.29, 1.82) is 0 Å². The second-order valence-corrected chi connectivity index (χ2v) is 4.78. The minimum absolute atomic E-state index is 0.650. The first kappa shape index (κ1) is 10.0. The van der Waals surface area contributed by atoms with Gasteiger partial charge in [-0.05, 0) is 24.3 Å². The summed E-state index contributed by atoms with van der Waals surface area (Å²) in [6.45, 7) is 0. The van der Waals surface area contributed by atoms with E-state index < -0.39 is 0 Å². The van der Waals surface area contributed by atoms with Crippen LogP contribution in [0.2, 0.25) is 0 Å². The Morgan fingerprint density at radius 1 is 1.06 bits per heavy atom. The van der Waals surface area contributed by atoms with Crippen LogP contribution >= 0.6 is 11.3 Å². The molecule has 0 atom stereocenters. The first-order valence-electron chi connectivity index (χ1n) is 5.09. The van der Waals surface area contributed by atoms with Crippen LogP contribution in [-0.2, 0) is 0 Å². The van der Waals surface area contributed by atoms with E-state index in [-0.39, 0.29) is 0 Å². The molecule has 0 bridgehead atoms. The number of pyridine rings is 1. The quantitative estimate of drug-likeness (QED) is 0.643. The first-order valence-corrected chi connectivity index (χ1v) is 5.91. The molecule has 1 aromatic carbocycles. The summed E-state index contributed by atoms with van der Waals surface area (Å²) >= 11 is 1.61. The van der Waals surface area contributed by atoms with Gasteiger partial charge in [-0.25, -0.2) is 4.98 Å². The van der Waals surface area contributed by atoms with Crippen molar-refractivity contribution in [3.8, 4) is 10.6 Å². The highest BCUT2D eigenvalue weighted by Crippen LogP contribution is 2.31. The number of benzene rings is 1. The fourth-order valence-electron chi connectivity index (χ4n) is 1.70. The van der Waals surface area contributed by atoms with E-state index in [4.69, 9.17) is 11.5 Å². The van der Waals surface area contributed by atoms with Crippen LogP contribution in [0, 0.1) is 0 Å². The zero-order valence-electron chi connectivity index (χ0n) is 8.92. The van der Waals surface area contributed by atoms with Gasteiger partial charge in [0.2, 0.25) is 0 Å². The fraction of sp³-hybridized carbons (Fsp3) is 0. The standard InChI is InChI=1S/C12H10N4S/c13-8-3-7(4-9(14)5-8)12-16-10-6-15-2-1-11(10)17-12/h1-6H,13-14H2. The number of thiazole rings is 1. The van der Waals surface area contributed by atoms with Gasteiger partial charge in [-0.2, -0.15) is 0 Å². The van der Waals surface area contributed by atoms with Gasteiger partial charge in [0.25, 0.3) is 0 Å². The van der Waals surface area contributed by atoms with Gasteiger partial charge in [0.15, 0.2) is 0 Å². The number of nitrogens with zero attached hydrogens (tertiary/aromatic N) is 2. The van der Waals surface area contributed by atoms with Gasteiger partial charge in [0.1, 0.15) is 10.5 Å². The number of aromatic nitrogens is 2. The Morgan fingerprint density at radius 2 is 1.82 bits per heavy atom. The first-order chi connectivity index (χ1) is 8.22. The van der Waals surface area contributed by atoms with E-state index in [1.165, 1.54) is 0 Å². The van der Waals surface area contributed by atoms with E-state index in [0.717, 1.165) is 20.8 Å². The lowest BCUT2D eigenvalue weighted by atomic mass is 10.2. The molecule has 0 aliphatic rings. The van der Waals surface area contributed by atoms with Crippen molar-refractivity contribution in [2.75, 3.05) is 11.5 Å². The summed E-state index contributed by atoms with van der Waals surface area (Å²) in [6.07, 6.45) is 3.52. The van der Waals surface area contributed by atoms with Gasteiger partial charge in [0.05, 0.1) is 10.9 Å². The minimum Gasteiger partial charge on any atom is -0.399 e. The zero-order chi connectivity index (χ0) is 11.8. The molecule has 0 saturated heterocycles. The molecule has 0 aliphatic heterocycles. The molecule has 0 unspecified atom stereocenters. The Bertz CT molecular complexity index is 637. The van der Waals surface area contributed by atoms with Crippen LogP contribution in [-0.4, -0.2) is 9.97 Å². The van der Waals surface area contributed by atoms with E-state index in [9.17, 15) is 0 Å². The predicted octanol–water partition coefficient (Wildman–Crippen LogP) is 2.52. The number of hydrogen-bond acceptors (Lipinski definition) is 5. The lowest BCUT2D eigenvalue weighted by Crippen LogP contribution is -1.90. The number of hydrogen-bond donors (Lipinski definition) is 2. The van der Waals surface area contributed by atoms with E-state index >= 15 is 0 Å². The van der Waals surface area contributed by atoms with Crippen LogP contribution in [0.3, 0.4) is 0 Å². The summed E-state index contributed by atoms with van der Waals surface area (Å²) in [5.74, 6) is 0. The van der Waals surface area contributed by atoms with E-state index in [1.54, 1.807) is 29.8 Å². The summed E-state index contributed by atoms with van der Waals surface area (Å²) in [5.41, 5.74) is 14.7. The normalized spacial score (nSPS) is 10.8. The van der Waals surface area contributed by atoms with Crippen molar-refractivity contribution in [2.24, 2.45) is 0 Å². The average Bonchev–Trinajstić information content (AvgIpc) is 2.71. The Morgan fingerprint density at radius 3 is 2.53 bits per heavy atom. The molecule has 0 radical (unpaired) electrons. The van der Waals surface area contributed by atoms with Crippen molar-refractivity contribution in [3.63, 3.8) is 0 Å². The maximum Gasteiger partial charge on any atom is 0.124 e. The molecule has 84 valence electrons. The number of rotatable bonds is 1. The Labute approximate surface area is 102 Å². The van der Waals surface area contributed by atoms with E-state index in [1.807, 2.05) is 18.2 Å². The van der Waals surface area contributed by atoms with Crippen LogP contribution in [0.5, 0.6) is 0 Å². The Kier molecular flexibility index (Phi) is 2.19. The number of anilines is 2. The highest BCUT2D eigenvalue weighted by molar-refractivity contribution is 7.21. The summed E-state index contributed by atoms with van der Waals surface area (Å²) in [6, 6.07) is 7.44. The molecule has 0 saturated carbocycles. The molecule has 0 amide bonds. The summed E-state index contributed by atoms with van der Waals surface area (Å²) in [5, 5.41) is 0.909. The molecule has 0 fully saturated rings. The largest absolute Gasteiger partial charge is 0.399 e. The highest BCUT2D eigenvalue weighted by Gasteiger charge is 2.07. The Hall–Kier alpha value is -2.14. The molecule has 2 aromatic heterocycles. The molecule has 17 heavy (non-hydrogen) atoms. The van der Waals surface area contributed by atoms with Crippen molar-refractivity contribution in [1.82, 2.24) is 9.97 Å². The van der Waals surface area contributed by atoms with Gasteiger partial charge < -0.3 is 11.5 Å². The van der Waals surface area contributed by atoms with Gasteiger partial charge >= 0.3 is 0 Å². The predicted molar refractivity (Wildman–Crippen MR) is 71.7 cm³/mol. The molecule has 5 heteroatoms. The smallest absolute Gasteiger partial charge is 0.124 e. The monoisotopic (exact) mass is 242 g/mol. The van der Waals surface area contributed by atoms with E-state index in [0.29, 0.717) is 11.4 Å². The highest BCUT2D eigenvalue weighted by atomic mass is 32.1. The van der Waals surface area contributed by atoms with Gasteiger partial charge in [-0.3, -0.25) is 4.98 Å². The van der Waals surface area contributed by atoms with Crippen LogP contribution in [0.15, 0.2) is 36.7 Å². The molecule has 3 rings (SSSR count). The second-order valence-electron chi connectivity index (χ2n) is 3.75. The third-order valence-electron chi connectivity index (χ3n) is 2.41. The van der Waals surface area contributed by atoms with Gasteiger partial charge in [0, 0.05) is 23.1 Å². The van der Waals surface area contributed by atoms with Crippen molar-refractivity contribution >= 4 is 32.9 Å². The average molecular weight is 242 g/mol. The molecule has 2 heterocycles. The molecular formula is C12H10N4S. The van der Waals surface area contributed by atoms with Crippen LogP contribution < -0.4 is 11.5 Å². The molecule has 3 aromatic rings. The lowest BCUT2D eigenvalue weighted by molar-refractivity contribution is 1.34. The number of nitrogen functional groups attached to an aromatic ring is 2. The minimum atomic E-state index is 0.650. The fourth-order valence-corrected chi connectivity index (χ4v) is 2.62. The third-order valence-corrected chi connectivity index (χ3v) is 3.50.